The molecule has 1 amide bonds. The van der Waals surface area contributed by atoms with Gasteiger partial charge in [0.2, 0.25) is 5.91 Å². The van der Waals surface area contributed by atoms with Gasteiger partial charge in [-0.15, -0.1) is 11.8 Å². The molecule has 0 heterocycles. The Morgan fingerprint density at radius 1 is 1.30 bits per heavy atom. The van der Waals surface area contributed by atoms with Crippen molar-refractivity contribution >= 4 is 29.3 Å². The average molecular weight is 295 g/mol. The lowest BCUT2D eigenvalue weighted by atomic mass is 10.3. The highest BCUT2D eigenvalue weighted by atomic mass is 32.2. The molecule has 1 unspecified atom stereocenters. The van der Waals surface area contributed by atoms with E-state index in [-0.39, 0.29) is 17.1 Å². The third-order valence-electron chi connectivity index (χ3n) is 2.56. The molecule has 0 saturated heterocycles. The number of carbonyl (C=O) groups excluding carboxylic acids is 2. The van der Waals surface area contributed by atoms with Gasteiger partial charge in [-0.3, -0.25) is 9.59 Å². The van der Waals surface area contributed by atoms with Crippen molar-refractivity contribution < 1.29 is 14.3 Å². The molecule has 0 aromatic heterocycles. The lowest BCUT2D eigenvalue weighted by Gasteiger charge is -2.11. The van der Waals surface area contributed by atoms with Gasteiger partial charge < -0.3 is 10.1 Å². The Morgan fingerprint density at radius 2 is 1.95 bits per heavy atom. The van der Waals surface area contributed by atoms with Crippen LogP contribution in [-0.2, 0) is 14.3 Å². The Kier molecular flexibility index (Phi) is 7.15. The van der Waals surface area contributed by atoms with Crippen molar-refractivity contribution in [3.8, 4) is 0 Å². The van der Waals surface area contributed by atoms with E-state index in [9.17, 15) is 9.59 Å². The number of esters is 1. The van der Waals surface area contributed by atoms with Gasteiger partial charge in [0, 0.05) is 17.5 Å². The van der Waals surface area contributed by atoms with Gasteiger partial charge in [-0.1, -0.05) is 13.3 Å². The van der Waals surface area contributed by atoms with Gasteiger partial charge in [0.15, 0.2) is 0 Å². The largest absolute Gasteiger partial charge is 0.465 e. The molecule has 0 aliphatic heterocycles. The number of hydrogen-bond acceptors (Lipinski definition) is 4. The van der Waals surface area contributed by atoms with E-state index in [4.69, 9.17) is 4.74 Å². The van der Waals surface area contributed by atoms with Crippen molar-refractivity contribution in [1.29, 1.82) is 0 Å². The van der Waals surface area contributed by atoms with E-state index in [0.717, 1.165) is 23.4 Å². The summed E-state index contributed by atoms with van der Waals surface area (Å²) < 4.78 is 5.18. The van der Waals surface area contributed by atoms with Crippen molar-refractivity contribution in [3.05, 3.63) is 24.3 Å². The van der Waals surface area contributed by atoms with Gasteiger partial charge in [-0.25, -0.2) is 0 Å². The monoisotopic (exact) mass is 295 g/mol. The number of rotatable bonds is 7. The molecule has 1 rings (SSSR count). The number of nitrogens with one attached hydrogen (secondary N) is 1. The second-order valence-electron chi connectivity index (χ2n) is 4.49. The molecule has 0 saturated carbocycles. The summed E-state index contributed by atoms with van der Waals surface area (Å²) in [4.78, 5) is 23.6. The maximum Gasteiger partial charge on any atom is 0.319 e. The summed E-state index contributed by atoms with van der Waals surface area (Å²) in [6, 6.07) is 7.40. The van der Waals surface area contributed by atoms with Crippen LogP contribution in [0, 0.1) is 0 Å². The van der Waals surface area contributed by atoms with E-state index >= 15 is 0 Å². The van der Waals surface area contributed by atoms with Gasteiger partial charge in [0.25, 0.3) is 0 Å². The van der Waals surface area contributed by atoms with Crippen molar-refractivity contribution in [2.45, 2.75) is 43.8 Å². The molecule has 5 heteroatoms. The molecule has 1 aromatic carbocycles. The molecule has 0 aliphatic rings. The van der Waals surface area contributed by atoms with Crippen LogP contribution in [0.25, 0.3) is 0 Å². The average Bonchev–Trinajstić information content (AvgIpc) is 2.40. The lowest BCUT2D eigenvalue weighted by molar-refractivity contribution is -0.142. The van der Waals surface area contributed by atoms with Crippen molar-refractivity contribution in [2.24, 2.45) is 0 Å². The third-order valence-corrected chi connectivity index (χ3v) is 3.65. The first kappa shape index (κ1) is 16.6. The minimum Gasteiger partial charge on any atom is -0.465 e. The minimum atomic E-state index is -0.238. The molecule has 1 atom stereocenters. The summed E-state index contributed by atoms with van der Waals surface area (Å²) in [6.45, 7) is 5.85. The fraction of sp³-hybridized carbons (Fsp3) is 0.467. The standard InChI is InChI=1S/C15H21NO3S/c1-4-5-10-19-15(18)11(2)20-14-8-6-13(7-9-14)16-12(3)17/h6-9,11H,4-5,10H2,1-3H3,(H,16,17). The highest BCUT2D eigenvalue weighted by molar-refractivity contribution is 8.00. The Balaban J connectivity index is 2.47. The minimum absolute atomic E-state index is 0.0988. The molecule has 0 aliphatic carbocycles. The number of carbonyl (C=O) groups is 2. The number of amides is 1. The van der Waals surface area contributed by atoms with Gasteiger partial charge in [0.05, 0.1) is 6.61 Å². The van der Waals surface area contributed by atoms with Crippen LogP contribution < -0.4 is 5.32 Å². The number of hydrogen-bond donors (Lipinski definition) is 1. The van der Waals surface area contributed by atoms with Crippen molar-refractivity contribution in [2.75, 3.05) is 11.9 Å². The predicted molar refractivity (Wildman–Crippen MR) is 81.9 cm³/mol. The van der Waals surface area contributed by atoms with Gasteiger partial charge in [0.1, 0.15) is 5.25 Å². The van der Waals surface area contributed by atoms with Crippen LogP contribution in [0.5, 0.6) is 0 Å². The van der Waals surface area contributed by atoms with Crippen LogP contribution in [0.1, 0.15) is 33.6 Å². The van der Waals surface area contributed by atoms with E-state index in [1.807, 2.05) is 31.2 Å². The van der Waals surface area contributed by atoms with Crippen molar-refractivity contribution in [1.82, 2.24) is 0 Å². The van der Waals surface area contributed by atoms with Crippen LogP contribution in [0.2, 0.25) is 0 Å². The van der Waals surface area contributed by atoms with Crippen molar-refractivity contribution in [3.63, 3.8) is 0 Å². The summed E-state index contributed by atoms with van der Waals surface area (Å²) in [5, 5.41) is 2.47. The number of ether oxygens (including phenoxy) is 1. The van der Waals surface area contributed by atoms with E-state index in [0.29, 0.717) is 6.61 Å². The van der Waals surface area contributed by atoms with Crippen LogP contribution in [0.4, 0.5) is 5.69 Å². The van der Waals surface area contributed by atoms with Gasteiger partial charge in [-0.05, 0) is 37.6 Å². The summed E-state index contributed by atoms with van der Waals surface area (Å²) >= 11 is 1.45. The highest BCUT2D eigenvalue weighted by Crippen LogP contribution is 2.25. The van der Waals surface area contributed by atoms with Gasteiger partial charge >= 0.3 is 5.97 Å². The topological polar surface area (TPSA) is 55.4 Å². The molecule has 110 valence electrons. The summed E-state index contributed by atoms with van der Waals surface area (Å²) in [5.74, 6) is -0.285. The number of thioether (sulfide) groups is 1. The fourth-order valence-electron chi connectivity index (χ4n) is 1.51. The molecular weight excluding hydrogens is 274 g/mol. The maximum atomic E-state index is 11.7. The molecule has 1 N–H and O–H groups in total. The first-order valence-electron chi connectivity index (χ1n) is 6.74. The zero-order valence-corrected chi connectivity index (χ0v) is 13.0. The van der Waals surface area contributed by atoms with E-state index in [1.165, 1.54) is 18.7 Å². The SMILES string of the molecule is CCCCOC(=O)C(C)Sc1ccc(NC(C)=O)cc1. The Hall–Kier alpha value is -1.49. The summed E-state index contributed by atoms with van der Waals surface area (Å²) in [6.07, 6.45) is 1.91. The Bertz CT molecular complexity index is 445. The smallest absolute Gasteiger partial charge is 0.319 e. The third kappa shape index (κ3) is 6.10. The molecule has 20 heavy (non-hydrogen) atoms. The number of anilines is 1. The van der Waals surface area contributed by atoms with E-state index in [2.05, 4.69) is 12.2 Å². The maximum absolute atomic E-state index is 11.7. The molecule has 0 bridgehead atoms. The molecular formula is C15H21NO3S. The number of unbranched alkanes of at least 4 members (excludes halogenated alkanes) is 1. The Morgan fingerprint density at radius 3 is 2.50 bits per heavy atom. The van der Waals surface area contributed by atoms with Crippen LogP contribution in [0.15, 0.2) is 29.2 Å². The zero-order chi connectivity index (χ0) is 15.0. The fourth-order valence-corrected chi connectivity index (χ4v) is 2.37. The molecule has 1 aromatic rings. The second-order valence-corrected chi connectivity index (χ2v) is 5.90. The quantitative estimate of drug-likeness (QED) is 0.475. The van der Waals surface area contributed by atoms with E-state index < -0.39 is 0 Å². The van der Waals surface area contributed by atoms with Crippen LogP contribution in [-0.4, -0.2) is 23.7 Å². The summed E-state index contributed by atoms with van der Waals surface area (Å²) in [7, 11) is 0. The zero-order valence-electron chi connectivity index (χ0n) is 12.1. The van der Waals surface area contributed by atoms with E-state index in [1.54, 1.807) is 0 Å². The number of benzene rings is 1. The summed E-state index contributed by atoms with van der Waals surface area (Å²) in [5.41, 5.74) is 0.750. The lowest BCUT2D eigenvalue weighted by Crippen LogP contribution is -2.17. The molecule has 4 nitrogen and oxygen atoms in total. The predicted octanol–water partition coefficient (Wildman–Crippen LogP) is 3.47. The molecule has 0 spiro atoms. The second kappa shape index (κ2) is 8.64. The molecule has 0 radical (unpaired) electrons. The molecule has 0 fully saturated rings. The van der Waals surface area contributed by atoms with Crippen LogP contribution >= 0.6 is 11.8 Å². The first-order valence-corrected chi connectivity index (χ1v) is 7.62. The normalized spacial score (nSPS) is 11.8. The van der Waals surface area contributed by atoms with Crippen LogP contribution in [0.3, 0.4) is 0 Å². The Labute approximate surface area is 124 Å². The first-order chi connectivity index (χ1) is 9.52. The highest BCUT2D eigenvalue weighted by Gasteiger charge is 2.15. The van der Waals surface area contributed by atoms with Gasteiger partial charge in [-0.2, -0.15) is 0 Å².